The van der Waals surface area contributed by atoms with Gasteiger partial charge in [-0.25, -0.2) is 9.97 Å². The van der Waals surface area contributed by atoms with Gasteiger partial charge in [0.2, 0.25) is 11.8 Å². The number of thiazole rings is 1. The molecule has 176 valence electrons. The molecule has 1 N–H and O–H groups in total. The molecular formula is C26H28N4O3S. The van der Waals surface area contributed by atoms with Crippen LogP contribution in [0.25, 0.3) is 22.7 Å². The third-order valence-corrected chi connectivity index (χ3v) is 7.01. The highest BCUT2D eigenvalue weighted by molar-refractivity contribution is 7.14. The number of ether oxygens (including phenoxy) is 1. The van der Waals surface area contributed by atoms with Crippen LogP contribution in [-0.2, 0) is 22.5 Å². The van der Waals surface area contributed by atoms with E-state index >= 15 is 0 Å². The average molecular weight is 477 g/mol. The van der Waals surface area contributed by atoms with Crippen LogP contribution in [0.3, 0.4) is 0 Å². The van der Waals surface area contributed by atoms with Crippen LogP contribution in [0.1, 0.15) is 35.7 Å². The fraction of sp³-hybridized carbons (Fsp3) is 0.346. The lowest BCUT2D eigenvalue weighted by atomic mass is 10.2. The molecule has 4 heterocycles. The molecule has 1 aliphatic heterocycles. The molecule has 3 aromatic heterocycles. The van der Waals surface area contributed by atoms with Crippen molar-refractivity contribution in [2.75, 3.05) is 11.9 Å². The van der Waals surface area contributed by atoms with Crippen molar-refractivity contribution in [2.45, 2.75) is 52.7 Å². The molecule has 4 aromatic rings. The highest BCUT2D eigenvalue weighted by Gasteiger charge is 2.21. The maximum Gasteiger partial charge on any atom is 0.232 e. The van der Waals surface area contributed by atoms with Crippen molar-refractivity contribution in [3.8, 4) is 22.7 Å². The summed E-state index contributed by atoms with van der Waals surface area (Å²) < 4.78 is 13.9. The van der Waals surface area contributed by atoms with Crippen molar-refractivity contribution in [1.82, 2.24) is 14.5 Å². The number of benzene rings is 1. The number of nitrogens with zero attached hydrogens (tertiary/aromatic N) is 3. The summed E-state index contributed by atoms with van der Waals surface area (Å²) in [6.45, 7) is 7.79. The average Bonchev–Trinajstić information content (AvgIpc) is 3.61. The largest absolute Gasteiger partial charge is 0.441 e. The summed E-state index contributed by atoms with van der Waals surface area (Å²) in [6, 6.07) is 11.8. The van der Waals surface area contributed by atoms with E-state index in [1.165, 1.54) is 22.7 Å². The van der Waals surface area contributed by atoms with Gasteiger partial charge in [-0.05, 0) is 51.8 Å². The monoisotopic (exact) mass is 476 g/mol. The van der Waals surface area contributed by atoms with E-state index in [9.17, 15) is 4.79 Å². The Bertz CT molecular complexity index is 1300. The topological polar surface area (TPSA) is 82.2 Å². The lowest BCUT2D eigenvalue weighted by Gasteiger charge is -2.14. The molecule has 8 heteroatoms. The zero-order valence-electron chi connectivity index (χ0n) is 19.6. The maximum absolute atomic E-state index is 12.7. The Morgan fingerprint density at radius 3 is 2.79 bits per heavy atom. The molecular weight excluding hydrogens is 448 g/mol. The van der Waals surface area contributed by atoms with Gasteiger partial charge < -0.3 is 19.0 Å². The number of oxazole rings is 1. The molecule has 0 bridgehead atoms. The number of nitrogens with one attached hydrogen (secondary N) is 1. The first-order chi connectivity index (χ1) is 16.5. The fourth-order valence-electron chi connectivity index (χ4n) is 4.40. The molecule has 1 aromatic carbocycles. The molecule has 1 fully saturated rings. The van der Waals surface area contributed by atoms with Gasteiger partial charge in [-0.3, -0.25) is 4.79 Å². The minimum absolute atomic E-state index is 0.132. The number of aromatic nitrogens is 3. The molecule has 0 spiro atoms. The Balaban J connectivity index is 1.26. The van der Waals surface area contributed by atoms with E-state index in [0.29, 0.717) is 22.5 Å². The summed E-state index contributed by atoms with van der Waals surface area (Å²) in [5, 5.41) is 5.48. The van der Waals surface area contributed by atoms with Crippen LogP contribution >= 0.6 is 11.3 Å². The van der Waals surface area contributed by atoms with Gasteiger partial charge in [0.1, 0.15) is 5.76 Å². The second-order valence-corrected chi connectivity index (χ2v) is 9.54. The van der Waals surface area contributed by atoms with Crippen LogP contribution in [0.5, 0.6) is 0 Å². The summed E-state index contributed by atoms with van der Waals surface area (Å²) in [7, 11) is 0. The van der Waals surface area contributed by atoms with Gasteiger partial charge in [0.15, 0.2) is 5.13 Å². The van der Waals surface area contributed by atoms with Gasteiger partial charge in [0.25, 0.3) is 0 Å². The first kappa shape index (κ1) is 22.6. The van der Waals surface area contributed by atoms with Crippen LogP contribution in [0.2, 0.25) is 0 Å². The van der Waals surface area contributed by atoms with Crippen molar-refractivity contribution in [2.24, 2.45) is 0 Å². The summed E-state index contributed by atoms with van der Waals surface area (Å²) in [4.78, 5) is 21.9. The highest BCUT2D eigenvalue weighted by atomic mass is 32.1. The maximum atomic E-state index is 12.7. The molecule has 0 saturated carbocycles. The predicted molar refractivity (Wildman–Crippen MR) is 133 cm³/mol. The third kappa shape index (κ3) is 4.69. The second-order valence-electron chi connectivity index (χ2n) is 8.68. The van der Waals surface area contributed by atoms with Crippen LogP contribution < -0.4 is 5.32 Å². The second kappa shape index (κ2) is 9.56. The minimum atomic E-state index is -0.166. The summed E-state index contributed by atoms with van der Waals surface area (Å²) in [5.41, 5.74) is 5.84. The SMILES string of the molecule is Cc1oc(-c2ccccc2)nc1CC(=O)Nc1nc(-c2cc(C)n(C[C@@H]3CCCO3)c2C)cs1. The Hall–Kier alpha value is -3.23. The lowest BCUT2D eigenvalue weighted by molar-refractivity contribution is -0.115. The Morgan fingerprint density at radius 1 is 1.21 bits per heavy atom. The van der Waals surface area contributed by atoms with Crippen LogP contribution in [0.15, 0.2) is 46.2 Å². The van der Waals surface area contributed by atoms with Crippen LogP contribution in [-0.4, -0.2) is 33.2 Å². The van der Waals surface area contributed by atoms with E-state index in [4.69, 9.17) is 9.15 Å². The zero-order valence-corrected chi connectivity index (χ0v) is 20.4. The molecule has 1 saturated heterocycles. The van der Waals surface area contributed by atoms with E-state index in [0.717, 1.165) is 42.8 Å². The molecule has 0 unspecified atom stereocenters. The molecule has 1 atom stereocenters. The highest BCUT2D eigenvalue weighted by Crippen LogP contribution is 2.31. The number of anilines is 1. The predicted octanol–water partition coefficient (Wildman–Crippen LogP) is 5.55. The number of hydrogen-bond acceptors (Lipinski definition) is 6. The van der Waals surface area contributed by atoms with Gasteiger partial charge in [-0.15, -0.1) is 11.3 Å². The quantitative estimate of drug-likeness (QED) is 0.378. The van der Waals surface area contributed by atoms with Crippen molar-refractivity contribution in [3.05, 3.63) is 64.6 Å². The molecule has 7 nitrogen and oxygen atoms in total. The minimum Gasteiger partial charge on any atom is -0.441 e. The van der Waals surface area contributed by atoms with Crippen molar-refractivity contribution < 1.29 is 13.9 Å². The number of amides is 1. The number of carbonyl (C=O) groups excluding carboxylic acids is 1. The Kier molecular flexibility index (Phi) is 6.34. The van der Waals surface area contributed by atoms with E-state index in [1.54, 1.807) is 0 Å². The number of hydrogen-bond donors (Lipinski definition) is 1. The summed E-state index contributed by atoms with van der Waals surface area (Å²) in [6.07, 6.45) is 2.66. The molecule has 1 amide bonds. The molecule has 1 aliphatic rings. The van der Waals surface area contributed by atoms with E-state index in [-0.39, 0.29) is 18.4 Å². The number of carbonyl (C=O) groups is 1. The van der Waals surface area contributed by atoms with E-state index in [1.807, 2.05) is 42.6 Å². The molecule has 34 heavy (non-hydrogen) atoms. The molecule has 0 aliphatic carbocycles. The summed E-state index contributed by atoms with van der Waals surface area (Å²) in [5.74, 6) is 1.00. The van der Waals surface area contributed by atoms with Crippen LogP contribution in [0, 0.1) is 20.8 Å². The van der Waals surface area contributed by atoms with Crippen LogP contribution in [0.4, 0.5) is 5.13 Å². The number of aryl methyl sites for hydroxylation is 2. The standard InChI is InChI=1S/C26H28N4O3S/c1-16-12-21(17(2)30(16)14-20-10-7-11-32-20)23-15-34-26(28-23)29-24(31)13-22-18(3)33-25(27-22)19-8-5-4-6-9-19/h4-6,8-9,12,15,20H,7,10-11,13-14H2,1-3H3,(H,28,29,31)/t20-/m0/s1. The van der Waals surface area contributed by atoms with Crippen molar-refractivity contribution in [3.63, 3.8) is 0 Å². The van der Waals surface area contributed by atoms with E-state index in [2.05, 4.69) is 39.8 Å². The lowest BCUT2D eigenvalue weighted by Crippen LogP contribution is -2.16. The third-order valence-electron chi connectivity index (χ3n) is 6.25. The first-order valence-electron chi connectivity index (χ1n) is 11.5. The fourth-order valence-corrected chi connectivity index (χ4v) is 5.13. The normalized spacial score (nSPS) is 15.7. The van der Waals surface area contributed by atoms with E-state index < -0.39 is 0 Å². The van der Waals surface area contributed by atoms with Gasteiger partial charge in [-0.1, -0.05) is 18.2 Å². The smallest absolute Gasteiger partial charge is 0.232 e. The Labute approximate surface area is 202 Å². The van der Waals surface area contributed by atoms with Crippen molar-refractivity contribution >= 4 is 22.4 Å². The van der Waals surface area contributed by atoms with Gasteiger partial charge in [0, 0.05) is 41.0 Å². The Morgan fingerprint density at radius 2 is 2.03 bits per heavy atom. The van der Waals surface area contributed by atoms with Gasteiger partial charge in [-0.2, -0.15) is 0 Å². The van der Waals surface area contributed by atoms with Gasteiger partial charge >= 0.3 is 0 Å². The summed E-state index contributed by atoms with van der Waals surface area (Å²) >= 11 is 1.43. The molecule has 0 radical (unpaired) electrons. The molecule has 5 rings (SSSR count). The number of rotatable bonds is 7. The zero-order chi connectivity index (χ0) is 23.7. The van der Waals surface area contributed by atoms with Gasteiger partial charge in [0.05, 0.1) is 23.9 Å². The van der Waals surface area contributed by atoms with Crippen molar-refractivity contribution in [1.29, 1.82) is 0 Å². The first-order valence-corrected chi connectivity index (χ1v) is 12.4.